The van der Waals surface area contributed by atoms with E-state index in [-0.39, 0.29) is 5.56 Å². The van der Waals surface area contributed by atoms with Crippen molar-refractivity contribution in [3.63, 3.8) is 0 Å². The van der Waals surface area contributed by atoms with E-state index in [1.54, 1.807) is 0 Å². The van der Waals surface area contributed by atoms with Gasteiger partial charge in [0, 0.05) is 6.20 Å². The van der Waals surface area contributed by atoms with Crippen molar-refractivity contribution in [3.8, 4) is 0 Å². The first-order valence-corrected chi connectivity index (χ1v) is 4.02. The summed E-state index contributed by atoms with van der Waals surface area (Å²) in [6.45, 7) is 5.42. The van der Waals surface area contributed by atoms with E-state index in [4.69, 9.17) is 0 Å². The molecule has 1 aromatic rings. The largest absolute Gasteiger partial charge is 0.283 e. The van der Waals surface area contributed by atoms with Crippen LogP contribution in [-0.2, 0) is 0 Å². The van der Waals surface area contributed by atoms with Gasteiger partial charge in [-0.3, -0.25) is 4.98 Å². The summed E-state index contributed by atoms with van der Waals surface area (Å²) < 4.78 is 36.5. The van der Waals surface area contributed by atoms with Crippen LogP contribution in [0, 0.1) is 12.7 Å². The third kappa shape index (κ3) is 3.05. The highest BCUT2D eigenvalue weighted by atomic mass is 19.3. The van der Waals surface area contributed by atoms with Gasteiger partial charge in [0.05, 0.1) is 0 Å². The molecule has 4 heteroatoms. The summed E-state index contributed by atoms with van der Waals surface area (Å²) in [6.07, 6.45) is -1.67. The summed E-state index contributed by atoms with van der Waals surface area (Å²) in [4.78, 5) is 3.21. The van der Waals surface area contributed by atoms with Gasteiger partial charge >= 0.3 is 0 Å². The molecular formula is C9H12F3N. The van der Waals surface area contributed by atoms with E-state index < -0.39 is 17.9 Å². The Labute approximate surface area is 75.6 Å². The molecule has 0 radical (unpaired) electrons. The molecule has 0 unspecified atom stereocenters. The molecule has 0 amide bonds. The van der Waals surface area contributed by atoms with Gasteiger partial charge in [0.25, 0.3) is 6.43 Å². The minimum atomic E-state index is -2.84. The zero-order valence-corrected chi connectivity index (χ0v) is 7.81. The highest BCUT2D eigenvalue weighted by Gasteiger charge is 2.15. The Morgan fingerprint density at radius 1 is 1.31 bits per heavy atom. The number of nitrogens with zero attached hydrogens (tertiary/aromatic N) is 1. The van der Waals surface area contributed by atoms with Crippen LogP contribution in [0.4, 0.5) is 13.2 Å². The number of alkyl halides is 2. The Balaban J connectivity index is 0.000000671. The van der Waals surface area contributed by atoms with Crippen molar-refractivity contribution in [2.24, 2.45) is 0 Å². The molecule has 0 aliphatic heterocycles. The SMILES string of the molecule is CC.Cc1ccnc(C(F)F)c1F. The van der Waals surface area contributed by atoms with Gasteiger partial charge in [-0.05, 0) is 18.6 Å². The molecule has 0 atom stereocenters. The maximum atomic E-state index is 12.7. The van der Waals surface area contributed by atoms with E-state index in [1.807, 2.05) is 13.8 Å². The lowest BCUT2D eigenvalue weighted by molar-refractivity contribution is 0.140. The molecule has 1 heterocycles. The fraction of sp³-hybridized carbons (Fsp3) is 0.444. The Kier molecular flexibility index (Phi) is 5.11. The summed E-state index contributed by atoms with van der Waals surface area (Å²) in [6, 6.07) is 1.35. The standard InChI is InChI=1S/C7H6F3N.C2H6/c1-4-2-3-11-6(5(4)8)7(9)10;1-2/h2-3,7H,1H3;1-2H3. The number of pyridine rings is 1. The fourth-order valence-corrected chi connectivity index (χ4v) is 0.713. The van der Waals surface area contributed by atoms with Gasteiger partial charge in [-0.25, -0.2) is 13.2 Å². The maximum absolute atomic E-state index is 12.7. The Morgan fingerprint density at radius 3 is 2.23 bits per heavy atom. The van der Waals surface area contributed by atoms with Gasteiger partial charge in [-0.15, -0.1) is 0 Å². The fourth-order valence-electron chi connectivity index (χ4n) is 0.713. The lowest BCUT2D eigenvalue weighted by atomic mass is 10.2. The molecule has 0 N–H and O–H groups in total. The van der Waals surface area contributed by atoms with Gasteiger partial charge in [0.15, 0.2) is 5.82 Å². The number of aryl methyl sites for hydroxylation is 1. The van der Waals surface area contributed by atoms with Crippen molar-refractivity contribution in [2.45, 2.75) is 27.2 Å². The van der Waals surface area contributed by atoms with Crippen LogP contribution in [0.1, 0.15) is 31.5 Å². The van der Waals surface area contributed by atoms with Crippen molar-refractivity contribution in [3.05, 3.63) is 29.3 Å². The van der Waals surface area contributed by atoms with E-state index in [1.165, 1.54) is 19.2 Å². The molecule has 1 aromatic heterocycles. The van der Waals surface area contributed by atoms with Crippen molar-refractivity contribution in [1.82, 2.24) is 4.98 Å². The van der Waals surface area contributed by atoms with Gasteiger partial charge in [-0.1, -0.05) is 13.8 Å². The van der Waals surface area contributed by atoms with Crippen molar-refractivity contribution < 1.29 is 13.2 Å². The second kappa shape index (κ2) is 5.56. The first-order chi connectivity index (χ1) is 6.13. The van der Waals surface area contributed by atoms with Crippen molar-refractivity contribution in [2.75, 3.05) is 0 Å². The van der Waals surface area contributed by atoms with Gasteiger partial charge < -0.3 is 0 Å². The van der Waals surface area contributed by atoms with E-state index in [2.05, 4.69) is 4.98 Å². The molecule has 0 spiro atoms. The molecule has 0 aliphatic carbocycles. The molecule has 1 rings (SSSR count). The first kappa shape index (κ1) is 11.9. The summed E-state index contributed by atoms with van der Waals surface area (Å²) in [5, 5.41) is 0. The average Bonchev–Trinajstić information content (AvgIpc) is 2.13. The minimum Gasteiger partial charge on any atom is -0.252 e. The third-order valence-corrected chi connectivity index (χ3v) is 1.32. The normalized spacial score (nSPS) is 9.46. The van der Waals surface area contributed by atoms with Crippen molar-refractivity contribution >= 4 is 0 Å². The minimum absolute atomic E-state index is 0.190. The number of hydrogen-bond acceptors (Lipinski definition) is 1. The predicted octanol–water partition coefficient (Wildman–Crippen LogP) is 3.49. The van der Waals surface area contributed by atoms with Gasteiger partial charge in [0.2, 0.25) is 0 Å². The number of hydrogen-bond donors (Lipinski definition) is 0. The highest BCUT2D eigenvalue weighted by Crippen LogP contribution is 2.20. The number of halogens is 3. The summed E-state index contributed by atoms with van der Waals surface area (Å²) in [7, 11) is 0. The summed E-state index contributed by atoms with van der Waals surface area (Å²) >= 11 is 0. The first-order valence-electron chi connectivity index (χ1n) is 4.02. The third-order valence-electron chi connectivity index (χ3n) is 1.32. The zero-order valence-electron chi connectivity index (χ0n) is 7.81. The van der Waals surface area contributed by atoms with E-state index in [9.17, 15) is 13.2 Å². The van der Waals surface area contributed by atoms with Crippen molar-refractivity contribution in [1.29, 1.82) is 0 Å². The van der Waals surface area contributed by atoms with Gasteiger partial charge in [-0.2, -0.15) is 0 Å². The van der Waals surface area contributed by atoms with Crippen LogP contribution in [0.15, 0.2) is 12.3 Å². The van der Waals surface area contributed by atoms with E-state index in [0.29, 0.717) is 0 Å². The highest BCUT2D eigenvalue weighted by molar-refractivity contribution is 5.18. The number of rotatable bonds is 1. The summed E-state index contributed by atoms with van der Waals surface area (Å²) in [5.41, 5.74) is -0.583. The lowest BCUT2D eigenvalue weighted by Gasteiger charge is -2.01. The molecule has 0 bridgehead atoms. The molecule has 13 heavy (non-hydrogen) atoms. The molecule has 0 aromatic carbocycles. The zero-order chi connectivity index (χ0) is 10.4. The molecule has 74 valence electrons. The topological polar surface area (TPSA) is 12.9 Å². The number of aromatic nitrogens is 1. The monoisotopic (exact) mass is 191 g/mol. The van der Waals surface area contributed by atoms with Crippen LogP contribution < -0.4 is 0 Å². The quantitative estimate of drug-likeness (QED) is 0.662. The second-order valence-corrected chi connectivity index (χ2v) is 2.13. The Hall–Kier alpha value is -1.06. The Morgan fingerprint density at radius 2 is 1.85 bits per heavy atom. The van der Waals surface area contributed by atoms with Crippen LogP contribution in [0.3, 0.4) is 0 Å². The molecule has 0 saturated heterocycles. The van der Waals surface area contributed by atoms with Crippen LogP contribution in [0.25, 0.3) is 0 Å². The van der Waals surface area contributed by atoms with Crippen LogP contribution in [0.2, 0.25) is 0 Å². The lowest BCUT2D eigenvalue weighted by Crippen LogP contribution is -1.96. The molecule has 0 saturated carbocycles. The molecule has 0 aliphatic rings. The van der Waals surface area contributed by atoms with Crippen LogP contribution in [-0.4, -0.2) is 4.98 Å². The summed E-state index contributed by atoms with van der Waals surface area (Å²) in [5.74, 6) is -0.914. The maximum Gasteiger partial charge on any atom is 0.283 e. The Bertz CT molecular complexity index is 261. The van der Waals surface area contributed by atoms with E-state index in [0.717, 1.165) is 0 Å². The van der Waals surface area contributed by atoms with E-state index >= 15 is 0 Å². The molecular weight excluding hydrogens is 179 g/mol. The molecule has 0 fully saturated rings. The van der Waals surface area contributed by atoms with Crippen LogP contribution in [0.5, 0.6) is 0 Å². The predicted molar refractivity (Wildman–Crippen MR) is 45.2 cm³/mol. The second-order valence-electron chi connectivity index (χ2n) is 2.13. The molecule has 1 nitrogen and oxygen atoms in total. The smallest absolute Gasteiger partial charge is 0.252 e. The van der Waals surface area contributed by atoms with Crippen LogP contribution >= 0.6 is 0 Å². The average molecular weight is 191 g/mol. The van der Waals surface area contributed by atoms with Gasteiger partial charge in [0.1, 0.15) is 5.69 Å².